The summed E-state index contributed by atoms with van der Waals surface area (Å²) in [5.74, 6) is -2.17. The van der Waals surface area contributed by atoms with Gasteiger partial charge >= 0.3 is 6.18 Å². The third-order valence-corrected chi connectivity index (χ3v) is 5.35. The molecule has 160 valence electrons. The minimum absolute atomic E-state index is 0.0405. The summed E-state index contributed by atoms with van der Waals surface area (Å²) in [6.07, 6.45) is -3.96. The first-order valence-corrected chi connectivity index (χ1v) is 9.77. The van der Waals surface area contributed by atoms with Crippen LogP contribution in [0.1, 0.15) is 22.3 Å². The number of hydrogen-bond donors (Lipinski definition) is 0. The summed E-state index contributed by atoms with van der Waals surface area (Å²) >= 11 is 0.943. The minimum atomic E-state index is -4.51. The van der Waals surface area contributed by atoms with E-state index in [0.717, 1.165) is 41.7 Å². The van der Waals surface area contributed by atoms with E-state index in [1.165, 1.54) is 4.90 Å². The molecule has 0 radical (unpaired) electrons. The molecular weight excluding hydrogens is 425 g/mol. The number of alkyl halides is 3. The zero-order chi connectivity index (χ0) is 22.1. The van der Waals surface area contributed by atoms with Gasteiger partial charge in [-0.05, 0) is 57.4 Å². The van der Waals surface area contributed by atoms with Crippen molar-refractivity contribution in [3.8, 4) is 0 Å². The van der Waals surface area contributed by atoms with Crippen molar-refractivity contribution in [3.05, 3.63) is 59.2 Å². The SMILES string of the molecule is CN(C)CCCN(C(=O)c1ccc(C(F)(F)F)cc1)c1nc2c(F)cc(F)cc2s1. The Hall–Kier alpha value is -2.59. The number of rotatable bonds is 6. The van der Waals surface area contributed by atoms with E-state index in [1.54, 1.807) is 0 Å². The molecule has 0 saturated carbocycles. The molecule has 1 amide bonds. The Labute approximate surface area is 173 Å². The highest BCUT2D eigenvalue weighted by atomic mass is 32.1. The molecule has 0 N–H and O–H groups in total. The third kappa shape index (κ3) is 4.93. The molecule has 0 bridgehead atoms. The van der Waals surface area contributed by atoms with E-state index in [9.17, 15) is 26.7 Å². The van der Waals surface area contributed by atoms with E-state index in [-0.39, 0.29) is 27.5 Å². The fraction of sp³-hybridized carbons (Fsp3) is 0.300. The highest BCUT2D eigenvalue weighted by Gasteiger charge is 2.31. The first-order valence-electron chi connectivity index (χ1n) is 8.95. The maximum absolute atomic E-state index is 14.0. The fourth-order valence-electron chi connectivity index (χ4n) is 2.85. The lowest BCUT2D eigenvalue weighted by Crippen LogP contribution is -2.33. The summed E-state index contributed by atoms with van der Waals surface area (Å²) in [6, 6.07) is 5.69. The topological polar surface area (TPSA) is 36.4 Å². The van der Waals surface area contributed by atoms with Crippen molar-refractivity contribution < 1.29 is 26.7 Å². The average Bonchev–Trinajstić information content (AvgIpc) is 3.08. The number of hydrogen-bond acceptors (Lipinski definition) is 4. The molecule has 30 heavy (non-hydrogen) atoms. The summed E-state index contributed by atoms with van der Waals surface area (Å²) in [4.78, 5) is 20.4. The lowest BCUT2D eigenvalue weighted by molar-refractivity contribution is -0.137. The zero-order valence-corrected chi connectivity index (χ0v) is 16.9. The van der Waals surface area contributed by atoms with Gasteiger partial charge in [0.15, 0.2) is 10.9 Å². The number of nitrogens with zero attached hydrogens (tertiary/aromatic N) is 3. The monoisotopic (exact) mass is 443 g/mol. The van der Waals surface area contributed by atoms with E-state index in [1.807, 2.05) is 19.0 Å². The summed E-state index contributed by atoms with van der Waals surface area (Å²) in [7, 11) is 3.72. The molecule has 1 aromatic heterocycles. The number of anilines is 1. The maximum atomic E-state index is 14.0. The molecule has 0 fully saturated rings. The highest BCUT2D eigenvalue weighted by Crippen LogP contribution is 2.33. The number of amides is 1. The second-order valence-corrected chi connectivity index (χ2v) is 7.93. The molecule has 3 rings (SSSR count). The number of carbonyl (C=O) groups excluding carboxylic acids is 1. The fourth-order valence-corrected chi connectivity index (χ4v) is 3.88. The van der Waals surface area contributed by atoms with Gasteiger partial charge in [-0.15, -0.1) is 0 Å². The Morgan fingerprint density at radius 3 is 2.33 bits per heavy atom. The summed E-state index contributed by atoms with van der Waals surface area (Å²) in [5, 5.41) is 0.151. The molecule has 0 saturated heterocycles. The summed E-state index contributed by atoms with van der Waals surface area (Å²) in [5.41, 5.74) is -0.885. The number of fused-ring (bicyclic) bond motifs is 1. The predicted octanol–water partition coefficient (Wildman–Crippen LogP) is 5.19. The molecule has 3 aromatic rings. The van der Waals surface area contributed by atoms with Crippen molar-refractivity contribution >= 4 is 32.6 Å². The van der Waals surface area contributed by atoms with Crippen LogP contribution in [-0.2, 0) is 6.18 Å². The molecule has 0 aliphatic heterocycles. The Morgan fingerprint density at radius 2 is 1.73 bits per heavy atom. The predicted molar refractivity (Wildman–Crippen MR) is 106 cm³/mol. The maximum Gasteiger partial charge on any atom is 0.416 e. The number of thiazole rings is 1. The van der Waals surface area contributed by atoms with Gasteiger partial charge in [-0.25, -0.2) is 13.8 Å². The van der Waals surface area contributed by atoms with Crippen LogP contribution >= 0.6 is 11.3 Å². The molecule has 2 aromatic carbocycles. The van der Waals surface area contributed by atoms with E-state index >= 15 is 0 Å². The van der Waals surface area contributed by atoms with Gasteiger partial charge < -0.3 is 4.90 Å². The van der Waals surface area contributed by atoms with Crippen LogP contribution in [0.4, 0.5) is 27.1 Å². The smallest absolute Gasteiger partial charge is 0.309 e. The average molecular weight is 443 g/mol. The van der Waals surface area contributed by atoms with Crippen molar-refractivity contribution in [1.82, 2.24) is 9.88 Å². The van der Waals surface area contributed by atoms with Crippen molar-refractivity contribution in [3.63, 3.8) is 0 Å². The number of halogens is 5. The Morgan fingerprint density at radius 1 is 1.07 bits per heavy atom. The van der Waals surface area contributed by atoms with Crippen LogP contribution < -0.4 is 4.90 Å². The van der Waals surface area contributed by atoms with Crippen LogP contribution in [0.3, 0.4) is 0 Å². The Balaban J connectivity index is 1.96. The van der Waals surface area contributed by atoms with Crippen LogP contribution in [0.2, 0.25) is 0 Å². The quantitative estimate of drug-likeness (QED) is 0.492. The van der Waals surface area contributed by atoms with Gasteiger partial charge in [0.05, 0.1) is 10.3 Å². The molecule has 0 aliphatic carbocycles. The Bertz CT molecular complexity index is 1050. The normalized spacial score (nSPS) is 12.0. The van der Waals surface area contributed by atoms with E-state index in [4.69, 9.17) is 0 Å². The molecule has 4 nitrogen and oxygen atoms in total. The van der Waals surface area contributed by atoms with E-state index in [0.29, 0.717) is 19.0 Å². The molecule has 1 heterocycles. The molecule has 0 aliphatic rings. The zero-order valence-electron chi connectivity index (χ0n) is 16.1. The molecule has 10 heteroatoms. The molecule has 0 atom stereocenters. The summed E-state index contributed by atoms with van der Waals surface area (Å²) < 4.78 is 66.2. The van der Waals surface area contributed by atoms with Crippen LogP contribution in [0.5, 0.6) is 0 Å². The number of benzene rings is 2. The van der Waals surface area contributed by atoms with Crippen LogP contribution in [-0.4, -0.2) is 43.0 Å². The van der Waals surface area contributed by atoms with Crippen LogP contribution in [0, 0.1) is 11.6 Å². The van der Waals surface area contributed by atoms with Gasteiger partial charge in [0, 0.05) is 18.2 Å². The number of carbonyl (C=O) groups is 1. The first kappa shape index (κ1) is 22.1. The van der Waals surface area contributed by atoms with E-state index in [2.05, 4.69) is 4.98 Å². The molecule has 0 spiro atoms. The van der Waals surface area contributed by atoms with Gasteiger partial charge in [0.1, 0.15) is 11.3 Å². The van der Waals surface area contributed by atoms with Gasteiger partial charge in [0.25, 0.3) is 5.91 Å². The Kier molecular flexibility index (Phi) is 6.37. The van der Waals surface area contributed by atoms with Gasteiger partial charge in [-0.3, -0.25) is 9.69 Å². The molecule has 0 unspecified atom stereocenters. The standard InChI is InChI=1S/C20H18F5N3OS/c1-27(2)8-3-9-28(18(29)12-4-6-13(7-5-12)20(23,24)25)19-26-17-15(22)10-14(21)11-16(17)30-19/h4-7,10-11H,3,8-9H2,1-2H3. The van der Waals surface area contributed by atoms with Crippen LogP contribution in [0.15, 0.2) is 36.4 Å². The van der Waals surface area contributed by atoms with Gasteiger partial charge in [-0.1, -0.05) is 11.3 Å². The van der Waals surface area contributed by atoms with Gasteiger partial charge in [0.2, 0.25) is 0 Å². The molecular formula is C20H18F5N3OS. The first-order chi connectivity index (χ1) is 14.1. The third-order valence-electron chi connectivity index (χ3n) is 4.32. The second kappa shape index (κ2) is 8.65. The lowest BCUT2D eigenvalue weighted by atomic mass is 10.1. The van der Waals surface area contributed by atoms with Crippen LogP contribution in [0.25, 0.3) is 10.2 Å². The number of aromatic nitrogens is 1. The van der Waals surface area contributed by atoms with Crippen molar-refractivity contribution in [1.29, 1.82) is 0 Å². The van der Waals surface area contributed by atoms with Crippen molar-refractivity contribution in [2.45, 2.75) is 12.6 Å². The second-order valence-electron chi connectivity index (χ2n) is 6.92. The van der Waals surface area contributed by atoms with E-state index < -0.39 is 29.3 Å². The summed E-state index contributed by atoms with van der Waals surface area (Å²) in [6.45, 7) is 0.854. The van der Waals surface area contributed by atoms with Crippen molar-refractivity contribution in [2.75, 3.05) is 32.1 Å². The highest BCUT2D eigenvalue weighted by molar-refractivity contribution is 7.22. The lowest BCUT2D eigenvalue weighted by Gasteiger charge is -2.21. The van der Waals surface area contributed by atoms with Crippen molar-refractivity contribution in [2.24, 2.45) is 0 Å². The van der Waals surface area contributed by atoms with Gasteiger partial charge in [-0.2, -0.15) is 13.2 Å². The largest absolute Gasteiger partial charge is 0.416 e. The minimum Gasteiger partial charge on any atom is -0.309 e.